The standard InChI is InChI=1S/C19H19F5N4O2S/c1-31(30)13-5-2-4-12(10-13)25-17(29)16-14(11-15(26-27-16)19(22,23)24)28-8-3-6-18(20,21)7-9-28/h2,4-5,10-11H,3,6-9H2,1H3,(H,25,29). The highest BCUT2D eigenvalue weighted by molar-refractivity contribution is 7.90. The second kappa shape index (κ2) is 8.95. The third-order valence-electron chi connectivity index (χ3n) is 4.76. The van der Waals surface area contributed by atoms with Crippen LogP contribution in [0.25, 0.3) is 0 Å². The fourth-order valence-electron chi connectivity index (χ4n) is 3.17. The first kappa shape index (κ1) is 23.2. The van der Waals surface area contributed by atoms with Gasteiger partial charge in [0, 0.05) is 37.7 Å². The zero-order chi connectivity index (χ0) is 22.8. The zero-order valence-electron chi connectivity index (χ0n) is 16.4. The molecule has 2 heterocycles. The Balaban J connectivity index is 1.95. The highest BCUT2D eigenvalue weighted by atomic mass is 32.2. The molecule has 1 N–H and O–H groups in total. The third-order valence-corrected chi connectivity index (χ3v) is 5.68. The number of hydrogen-bond donors (Lipinski definition) is 1. The number of benzene rings is 1. The molecular formula is C19H19F5N4O2S. The first-order valence-electron chi connectivity index (χ1n) is 9.29. The maximum Gasteiger partial charge on any atom is 0.435 e. The SMILES string of the molecule is C[S+]([O-])c1cccc(NC(=O)c2nnc(C(F)(F)F)cc2N2CCCC(F)(F)CC2)c1. The topological polar surface area (TPSA) is 81.2 Å². The van der Waals surface area contributed by atoms with Crippen molar-refractivity contribution in [2.75, 3.05) is 29.6 Å². The van der Waals surface area contributed by atoms with Crippen molar-refractivity contribution in [2.24, 2.45) is 0 Å². The monoisotopic (exact) mass is 462 g/mol. The molecule has 1 saturated heterocycles. The number of alkyl halides is 5. The summed E-state index contributed by atoms with van der Waals surface area (Å²) in [5.41, 5.74) is -1.69. The normalized spacial score (nSPS) is 17.7. The van der Waals surface area contributed by atoms with E-state index in [1.807, 2.05) is 0 Å². The molecule has 1 unspecified atom stereocenters. The Morgan fingerprint density at radius 3 is 2.61 bits per heavy atom. The molecule has 12 heteroatoms. The van der Waals surface area contributed by atoms with E-state index in [9.17, 15) is 31.3 Å². The quantitative estimate of drug-likeness (QED) is 0.546. The molecule has 1 atom stereocenters. The highest BCUT2D eigenvalue weighted by Crippen LogP contribution is 2.34. The van der Waals surface area contributed by atoms with Crippen molar-refractivity contribution >= 4 is 28.5 Å². The van der Waals surface area contributed by atoms with Gasteiger partial charge < -0.3 is 14.8 Å². The van der Waals surface area contributed by atoms with E-state index >= 15 is 0 Å². The van der Waals surface area contributed by atoms with E-state index in [1.165, 1.54) is 23.3 Å². The molecule has 0 radical (unpaired) electrons. The van der Waals surface area contributed by atoms with Crippen LogP contribution in [-0.4, -0.2) is 45.9 Å². The van der Waals surface area contributed by atoms with Gasteiger partial charge in [-0.25, -0.2) is 8.78 Å². The number of nitrogens with one attached hydrogen (secondary N) is 1. The van der Waals surface area contributed by atoms with Crippen molar-refractivity contribution in [3.63, 3.8) is 0 Å². The van der Waals surface area contributed by atoms with E-state index in [4.69, 9.17) is 0 Å². The van der Waals surface area contributed by atoms with Crippen LogP contribution < -0.4 is 10.2 Å². The maximum absolute atomic E-state index is 13.7. The van der Waals surface area contributed by atoms with Crippen molar-refractivity contribution in [1.29, 1.82) is 0 Å². The number of nitrogens with zero attached hydrogens (tertiary/aromatic N) is 3. The van der Waals surface area contributed by atoms with Crippen molar-refractivity contribution in [2.45, 2.75) is 36.3 Å². The second-order valence-corrected chi connectivity index (χ2v) is 8.47. The van der Waals surface area contributed by atoms with Crippen LogP contribution in [0.5, 0.6) is 0 Å². The summed E-state index contributed by atoms with van der Waals surface area (Å²) in [5, 5.41) is 9.07. The summed E-state index contributed by atoms with van der Waals surface area (Å²) in [4.78, 5) is 14.5. The van der Waals surface area contributed by atoms with Gasteiger partial charge in [-0.05, 0) is 35.8 Å². The maximum atomic E-state index is 13.7. The van der Waals surface area contributed by atoms with Crippen LogP contribution in [0.15, 0.2) is 35.2 Å². The summed E-state index contributed by atoms with van der Waals surface area (Å²) in [6, 6.07) is 6.77. The van der Waals surface area contributed by atoms with Gasteiger partial charge in [-0.2, -0.15) is 13.2 Å². The van der Waals surface area contributed by atoms with E-state index in [2.05, 4.69) is 15.5 Å². The van der Waals surface area contributed by atoms with E-state index in [0.717, 1.165) is 0 Å². The summed E-state index contributed by atoms with van der Waals surface area (Å²) < 4.78 is 78.6. The lowest BCUT2D eigenvalue weighted by Gasteiger charge is -2.25. The number of amides is 1. The van der Waals surface area contributed by atoms with Crippen LogP contribution in [0.4, 0.5) is 33.3 Å². The van der Waals surface area contributed by atoms with Crippen LogP contribution in [0, 0.1) is 0 Å². The largest absolute Gasteiger partial charge is 0.612 e. The minimum atomic E-state index is -4.81. The number of rotatable bonds is 4. The zero-order valence-corrected chi connectivity index (χ0v) is 17.2. The highest BCUT2D eigenvalue weighted by Gasteiger charge is 2.37. The number of hydrogen-bond acceptors (Lipinski definition) is 5. The molecule has 3 rings (SSSR count). The average molecular weight is 462 g/mol. The van der Waals surface area contributed by atoms with Gasteiger partial charge in [-0.1, -0.05) is 6.07 Å². The lowest BCUT2D eigenvalue weighted by atomic mass is 10.1. The molecule has 0 spiro atoms. The van der Waals surface area contributed by atoms with Crippen LogP contribution in [0.2, 0.25) is 0 Å². The average Bonchev–Trinajstić information content (AvgIpc) is 2.87. The number of anilines is 2. The van der Waals surface area contributed by atoms with Crippen molar-refractivity contribution in [1.82, 2.24) is 10.2 Å². The number of carbonyl (C=O) groups is 1. The molecule has 1 fully saturated rings. The van der Waals surface area contributed by atoms with Crippen molar-refractivity contribution < 1.29 is 31.3 Å². The van der Waals surface area contributed by atoms with Gasteiger partial charge >= 0.3 is 6.18 Å². The molecule has 0 bridgehead atoms. The molecular weight excluding hydrogens is 443 g/mol. The predicted molar refractivity (Wildman–Crippen MR) is 105 cm³/mol. The molecule has 0 aliphatic carbocycles. The van der Waals surface area contributed by atoms with Gasteiger partial charge in [-0.3, -0.25) is 4.79 Å². The van der Waals surface area contributed by atoms with Crippen LogP contribution in [-0.2, 0) is 17.4 Å². The van der Waals surface area contributed by atoms with E-state index in [-0.39, 0.29) is 30.9 Å². The molecule has 0 saturated carbocycles. The molecule has 2 aromatic rings. The van der Waals surface area contributed by atoms with Crippen LogP contribution in [0.3, 0.4) is 0 Å². The Bertz CT molecular complexity index is 955. The molecule has 6 nitrogen and oxygen atoms in total. The number of halogens is 5. The second-order valence-electron chi connectivity index (χ2n) is 7.09. The Labute approximate surface area is 178 Å². The molecule has 1 aromatic heterocycles. The Morgan fingerprint density at radius 2 is 1.94 bits per heavy atom. The van der Waals surface area contributed by atoms with Gasteiger partial charge in [0.25, 0.3) is 5.91 Å². The molecule has 168 valence electrons. The molecule has 1 amide bonds. The van der Waals surface area contributed by atoms with E-state index in [1.54, 1.807) is 12.1 Å². The summed E-state index contributed by atoms with van der Waals surface area (Å²) in [5.74, 6) is -3.79. The van der Waals surface area contributed by atoms with Crippen LogP contribution >= 0.6 is 0 Å². The minimum absolute atomic E-state index is 0.0437. The van der Waals surface area contributed by atoms with Crippen molar-refractivity contribution in [3.8, 4) is 0 Å². The summed E-state index contributed by atoms with van der Waals surface area (Å²) >= 11 is -1.31. The van der Waals surface area contributed by atoms with Gasteiger partial charge in [0.05, 0.1) is 5.69 Å². The Hall–Kier alpha value is -2.47. The Morgan fingerprint density at radius 1 is 1.19 bits per heavy atom. The fraction of sp³-hybridized carbons (Fsp3) is 0.421. The Kier molecular flexibility index (Phi) is 6.70. The lowest BCUT2D eigenvalue weighted by molar-refractivity contribution is -0.141. The summed E-state index contributed by atoms with van der Waals surface area (Å²) in [7, 11) is 0. The number of aromatic nitrogens is 2. The smallest absolute Gasteiger partial charge is 0.435 e. The first-order valence-corrected chi connectivity index (χ1v) is 10.8. The molecule has 1 aliphatic rings. The summed E-state index contributed by atoms with van der Waals surface area (Å²) in [6.07, 6.45) is -4.26. The molecule has 1 aliphatic heterocycles. The predicted octanol–water partition coefficient (Wildman–Crippen LogP) is 4.11. The van der Waals surface area contributed by atoms with E-state index in [0.29, 0.717) is 11.0 Å². The molecule has 1 aromatic carbocycles. The number of carbonyl (C=O) groups excluding carboxylic acids is 1. The van der Waals surface area contributed by atoms with Gasteiger partial charge in [0.2, 0.25) is 5.92 Å². The summed E-state index contributed by atoms with van der Waals surface area (Å²) in [6.45, 7) is -0.191. The van der Waals surface area contributed by atoms with Crippen LogP contribution in [0.1, 0.15) is 35.4 Å². The molecule has 31 heavy (non-hydrogen) atoms. The van der Waals surface area contributed by atoms with Gasteiger partial charge in [-0.15, -0.1) is 10.2 Å². The lowest BCUT2D eigenvalue weighted by Crippen LogP contribution is -2.30. The van der Waals surface area contributed by atoms with E-state index < -0.39 is 53.4 Å². The fourth-order valence-corrected chi connectivity index (χ4v) is 3.73. The third kappa shape index (κ3) is 5.82. The van der Waals surface area contributed by atoms with Gasteiger partial charge in [0.15, 0.2) is 16.3 Å². The van der Waals surface area contributed by atoms with Gasteiger partial charge in [0.1, 0.15) is 6.26 Å². The first-order chi connectivity index (χ1) is 14.5. The minimum Gasteiger partial charge on any atom is -0.612 e. The van der Waals surface area contributed by atoms with Crippen molar-refractivity contribution in [3.05, 3.63) is 41.7 Å².